The molecule has 7 N–H and O–H groups in total. The van der Waals surface area contributed by atoms with E-state index in [1.165, 1.54) is 4.90 Å². The first kappa shape index (κ1) is 30.4. The van der Waals surface area contributed by atoms with E-state index in [1.54, 1.807) is 18.2 Å². The Morgan fingerprint density at radius 3 is 2.33 bits per heavy atom. The summed E-state index contributed by atoms with van der Waals surface area (Å²) in [6.07, 6.45) is 3.27. The first-order valence-electron chi connectivity index (χ1n) is 15.6. The molecule has 45 heavy (non-hydrogen) atoms. The molecule has 0 spiro atoms. The quantitative estimate of drug-likeness (QED) is 0.173. The largest absolute Gasteiger partial charge is 0.340 e. The van der Waals surface area contributed by atoms with Gasteiger partial charge in [0.2, 0.25) is 5.91 Å². The van der Waals surface area contributed by atoms with Crippen LogP contribution in [0.25, 0.3) is 33.5 Å². The van der Waals surface area contributed by atoms with Gasteiger partial charge in [0.05, 0.1) is 34.0 Å². The van der Waals surface area contributed by atoms with Crippen LogP contribution in [0.2, 0.25) is 0 Å². The first-order chi connectivity index (χ1) is 21.6. The summed E-state index contributed by atoms with van der Waals surface area (Å²) >= 11 is 0. The Morgan fingerprint density at radius 1 is 0.933 bits per heavy atom. The number of H-pyrrole nitrogens is 3. The number of nitrogens with zero attached hydrogens (tertiary/aromatic N) is 3. The van der Waals surface area contributed by atoms with Crippen LogP contribution in [0.5, 0.6) is 0 Å². The van der Waals surface area contributed by atoms with Crippen LogP contribution in [0, 0.1) is 18.8 Å². The molecule has 6 rings (SSSR count). The topological polar surface area (TPSA) is 180 Å². The third-order valence-corrected chi connectivity index (χ3v) is 8.96. The number of hydrogen-bond acceptors (Lipinski definition) is 7. The molecule has 1 atom stereocenters. The van der Waals surface area contributed by atoms with Crippen molar-refractivity contribution in [1.29, 1.82) is 0 Å². The Kier molecular flexibility index (Phi) is 8.39. The number of fused-ring (bicyclic) bond motifs is 2. The van der Waals surface area contributed by atoms with Gasteiger partial charge in [-0.25, -0.2) is 19.7 Å². The minimum atomic E-state index is -0.962. The van der Waals surface area contributed by atoms with E-state index in [0.29, 0.717) is 47.7 Å². The summed E-state index contributed by atoms with van der Waals surface area (Å²) in [6.45, 7) is 6.79. The lowest BCUT2D eigenvalue weighted by Crippen LogP contribution is -2.50. The van der Waals surface area contributed by atoms with Gasteiger partial charge in [-0.1, -0.05) is 38.1 Å². The number of amides is 2. The Hall–Kier alpha value is -4.61. The molecule has 11 nitrogen and oxygen atoms in total. The minimum absolute atomic E-state index is 0.245. The van der Waals surface area contributed by atoms with E-state index in [9.17, 15) is 14.4 Å². The fourth-order valence-electron chi connectivity index (χ4n) is 6.28. The highest BCUT2D eigenvalue weighted by Gasteiger charge is 2.35. The molecule has 0 unspecified atom stereocenters. The van der Waals surface area contributed by atoms with Gasteiger partial charge in [0.25, 0.3) is 5.91 Å². The van der Waals surface area contributed by atoms with Crippen molar-refractivity contribution in [2.24, 2.45) is 23.3 Å². The molecule has 0 saturated heterocycles. The maximum atomic E-state index is 14.0. The smallest absolute Gasteiger partial charge is 0.323 e. The van der Waals surface area contributed by atoms with Gasteiger partial charge in [-0.3, -0.25) is 9.59 Å². The molecular weight excluding hydrogens is 568 g/mol. The van der Waals surface area contributed by atoms with Crippen molar-refractivity contribution in [3.63, 3.8) is 0 Å². The Morgan fingerprint density at radius 2 is 1.64 bits per heavy atom. The van der Waals surface area contributed by atoms with E-state index >= 15 is 0 Å². The number of hydrogen-bond donors (Lipinski definition) is 5. The standard InChI is InChI=1S/C34H40N8O3/c1-18(2)30-37-28-14-19(3)29(40-31(28)41-30)22-8-4-20(5-9-22)15-25(36)33(44)42(32(43)23-10-6-21(17-35)7-11-23)24-12-13-26-27(16-24)39-34(45)38-26/h4-5,8-9,12-14,16,18,21,23,25H,6-7,10-11,15,17,35-36H2,1-3H3,(H,37,40,41)(H2,38,39,45)/t21?,23?,25-/m0/s1. The fraction of sp³-hybridized carbons (Fsp3) is 0.382. The van der Waals surface area contributed by atoms with E-state index in [4.69, 9.17) is 16.5 Å². The molecule has 0 aliphatic heterocycles. The van der Waals surface area contributed by atoms with E-state index < -0.39 is 11.9 Å². The molecule has 1 aliphatic carbocycles. The van der Waals surface area contributed by atoms with Crippen LogP contribution in [-0.2, 0) is 16.0 Å². The zero-order valence-electron chi connectivity index (χ0n) is 25.9. The molecule has 3 aromatic heterocycles. The van der Waals surface area contributed by atoms with Crippen molar-refractivity contribution in [3.05, 3.63) is 76.0 Å². The Balaban J connectivity index is 1.23. The zero-order valence-corrected chi connectivity index (χ0v) is 25.9. The van der Waals surface area contributed by atoms with Gasteiger partial charge in [0.15, 0.2) is 5.65 Å². The van der Waals surface area contributed by atoms with Crippen molar-refractivity contribution < 1.29 is 9.59 Å². The van der Waals surface area contributed by atoms with Gasteiger partial charge >= 0.3 is 5.69 Å². The van der Waals surface area contributed by atoms with Gasteiger partial charge in [0.1, 0.15) is 5.82 Å². The summed E-state index contributed by atoms with van der Waals surface area (Å²) in [7, 11) is 0. The fourth-order valence-corrected chi connectivity index (χ4v) is 6.28. The van der Waals surface area contributed by atoms with Crippen molar-refractivity contribution >= 4 is 39.7 Å². The number of carbonyl (C=O) groups excluding carboxylic acids is 2. The number of nitrogens with one attached hydrogen (secondary N) is 3. The number of aryl methyl sites for hydroxylation is 1. The van der Waals surface area contributed by atoms with Gasteiger partial charge < -0.3 is 26.4 Å². The number of nitrogens with two attached hydrogens (primary N) is 2. The summed E-state index contributed by atoms with van der Waals surface area (Å²) in [5.74, 6) is 0.511. The average Bonchev–Trinajstić information content (AvgIpc) is 3.63. The minimum Gasteiger partial charge on any atom is -0.340 e. The lowest BCUT2D eigenvalue weighted by atomic mass is 9.81. The summed E-state index contributed by atoms with van der Waals surface area (Å²) < 4.78 is 0. The summed E-state index contributed by atoms with van der Waals surface area (Å²) in [5, 5.41) is 0. The number of aromatic nitrogens is 5. The van der Waals surface area contributed by atoms with Crippen LogP contribution in [-0.4, -0.2) is 49.3 Å². The zero-order chi connectivity index (χ0) is 31.8. The second-order valence-corrected chi connectivity index (χ2v) is 12.6. The first-order valence-corrected chi connectivity index (χ1v) is 15.6. The van der Waals surface area contributed by atoms with E-state index in [2.05, 4.69) is 39.8 Å². The van der Waals surface area contributed by atoms with Gasteiger partial charge in [-0.05, 0) is 86.9 Å². The number of anilines is 1. The molecular formula is C34H40N8O3. The van der Waals surface area contributed by atoms with Crippen molar-refractivity contribution in [1.82, 2.24) is 24.9 Å². The SMILES string of the molecule is Cc1cc2[nH]c(C(C)C)nc2nc1-c1ccc(C[C@H](N)C(=O)N(C(=O)C2CCC(CN)CC2)c2ccc3[nH]c(=O)[nH]c3c2)cc1. The van der Waals surface area contributed by atoms with E-state index in [0.717, 1.165) is 46.6 Å². The second-order valence-electron chi connectivity index (χ2n) is 12.6. The highest BCUT2D eigenvalue weighted by atomic mass is 16.2. The Labute approximate surface area is 260 Å². The van der Waals surface area contributed by atoms with Gasteiger partial charge in [-0.15, -0.1) is 0 Å². The molecule has 234 valence electrons. The molecule has 3 heterocycles. The molecule has 1 fully saturated rings. The van der Waals surface area contributed by atoms with Crippen molar-refractivity contribution in [2.75, 3.05) is 11.4 Å². The molecule has 2 aromatic carbocycles. The molecule has 1 aliphatic rings. The summed E-state index contributed by atoms with van der Waals surface area (Å²) in [4.78, 5) is 59.2. The predicted octanol–water partition coefficient (Wildman–Crippen LogP) is 4.42. The summed E-state index contributed by atoms with van der Waals surface area (Å²) in [5.41, 5.74) is 18.8. The molecule has 11 heteroatoms. The number of imide groups is 1. The van der Waals surface area contributed by atoms with Crippen LogP contribution in [0.1, 0.15) is 62.4 Å². The molecule has 5 aromatic rings. The maximum absolute atomic E-state index is 14.0. The highest BCUT2D eigenvalue weighted by Crippen LogP contribution is 2.32. The maximum Gasteiger partial charge on any atom is 0.323 e. The number of pyridine rings is 1. The number of aromatic amines is 3. The lowest BCUT2D eigenvalue weighted by Gasteiger charge is -2.32. The number of carbonyl (C=O) groups is 2. The molecule has 0 radical (unpaired) electrons. The monoisotopic (exact) mass is 608 g/mol. The molecule has 2 amide bonds. The lowest BCUT2D eigenvalue weighted by molar-refractivity contribution is -0.130. The Bertz CT molecular complexity index is 1910. The highest BCUT2D eigenvalue weighted by molar-refractivity contribution is 6.17. The van der Waals surface area contributed by atoms with Crippen LogP contribution in [0.4, 0.5) is 5.69 Å². The van der Waals surface area contributed by atoms with E-state index in [1.807, 2.05) is 31.2 Å². The third kappa shape index (κ3) is 6.18. The van der Waals surface area contributed by atoms with Crippen molar-refractivity contribution in [3.8, 4) is 11.3 Å². The van der Waals surface area contributed by atoms with Crippen LogP contribution < -0.4 is 22.1 Å². The number of rotatable bonds is 8. The number of benzene rings is 2. The average molecular weight is 609 g/mol. The third-order valence-electron chi connectivity index (χ3n) is 8.96. The number of imidazole rings is 2. The summed E-state index contributed by atoms with van der Waals surface area (Å²) in [6, 6.07) is 13.9. The van der Waals surface area contributed by atoms with Crippen molar-refractivity contribution in [2.45, 2.75) is 64.8 Å². The van der Waals surface area contributed by atoms with Crippen LogP contribution >= 0.6 is 0 Å². The van der Waals surface area contributed by atoms with Crippen LogP contribution in [0.15, 0.2) is 53.3 Å². The van der Waals surface area contributed by atoms with Crippen LogP contribution in [0.3, 0.4) is 0 Å². The van der Waals surface area contributed by atoms with Gasteiger partial charge in [0, 0.05) is 17.4 Å². The molecule has 1 saturated carbocycles. The van der Waals surface area contributed by atoms with E-state index in [-0.39, 0.29) is 29.9 Å². The second kappa shape index (κ2) is 12.4. The predicted molar refractivity (Wildman–Crippen MR) is 176 cm³/mol. The van der Waals surface area contributed by atoms with Gasteiger partial charge in [-0.2, -0.15) is 0 Å². The molecule has 0 bridgehead atoms. The normalized spacial score (nSPS) is 17.6.